The van der Waals surface area contributed by atoms with Crippen LogP contribution in [0.25, 0.3) is 0 Å². The third-order valence-electron chi connectivity index (χ3n) is 6.67. The third-order valence-corrected chi connectivity index (χ3v) is 8.25. The van der Waals surface area contributed by atoms with Gasteiger partial charge >= 0.3 is 10.1 Å². The zero-order valence-corrected chi connectivity index (χ0v) is 25.1. The van der Waals surface area contributed by atoms with E-state index in [1.807, 2.05) is 33.8 Å². The molecule has 2 amide bonds. The Hall–Kier alpha value is -3.56. The molecule has 3 aromatic carbocycles. The van der Waals surface area contributed by atoms with Crippen LogP contribution in [0.5, 0.6) is 5.75 Å². The van der Waals surface area contributed by atoms with Gasteiger partial charge in [-0.2, -0.15) is 8.42 Å². The number of rotatable bonds is 12. The second-order valence-corrected chi connectivity index (χ2v) is 11.3. The van der Waals surface area contributed by atoms with Crippen molar-refractivity contribution in [3.8, 4) is 5.75 Å². The molecule has 3 rings (SSSR count). The fourth-order valence-corrected chi connectivity index (χ4v) is 5.41. The molecule has 0 heterocycles. The molecule has 10 heteroatoms. The largest absolute Gasteiger partial charge is 0.379 e. The van der Waals surface area contributed by atoms with Crippen molar-refractivity contribution < 1.29 is 22.2 Å². The first kappa shape index (κ1) is 31.0. The molecule has 214 valence electrons. The highest BCUT2D eigenvalue weighted by Gasteiger charge is 2.26. The zero-order chi connectivity index (χ0) is 29.4. The minimum absolute atomic E-state index is 0.0632. The maximum atomic E-state index is 13.6. The zero-order valence-electron chi connectivity index (χ0n) is 23.5. The van der Waals surface area contributed by atoms with Crippen molar-refractivity contribution in [1.82, 2.24) is 4.90 Å². The van der Waals surface area contributed by atoms with Crippen molar-refractivity contribution in [2.75, 3.05) is 23.3 Å². The maximum Gasteiger partial charge on any atom is 0.339 e. The molecule has 0 aliphatic heterocycles. The number of hydrogen-bond donors (Lipinski definition) is 1. The summed E-state index contributed by atoms with van der Waals surface area (Å²) in [5.41, 5.74) is 2.18. The average molecular weight is 586 g/mol. The van der Waals surface area contributed by atoms with Crippen LogP contribution >= 0.6 is 11.6 Å². The van der Waals surface area contributed by atoms with Crippen molar-refractivity contribution >= 4 is 44.9 Å². The fraction of sp³-hybridized carbons (Fsp3) is 0.333. The van der Waals surface area contributed by atoms with Crippen LogP contribution in [0.2, 0.25) is 5.02 Å². The van der Waals surface area contributed by atoms with E-state index in [1.165, 1.54) is 31.2 Å². The lowest BCUT2D eigenvalue weighted by Crippen LogP contribution is -2.38. The normalized spacial score (nSPS) is 11.9. The molecule has 0 aromatic heterocycles. The van der Waals surface area contributed by atoms with Crippen LogP contribution in [0.15, 0.2) is 71.6 Å². The number of nitrogens with one attached hydrogen (secondary N) is 1. The molecular weight excluding hydrogens is 550 g/mol. The van der Waals surface area contributed by atoms with E-state index in [9.17, 15) is 18.0 Å². The van der Waals surface area contributed by atoms with Crippen molar-refractivity contribution in [3.05, 3.63) is 82.9 Å². The number of hydrogen-bond acceptors (Lipinski definition) is 6. The highest BCUT2D eigenvalue weighted by molar-refractivity contribution is 7.87. The van der Waals surface area contributed by atoms with Gasteiger partial charge in [0, 0.05) is 55.6 Å². The van der Waals surface area contributed by atoms with Gasteiger partial charge in [0.25, 0.3) is 5.91 Å². The number of carbonyl (C=O) groups is 2. The maximum absolute atomic E-state index is 13.6. The fourth-order valence-electron chi connectivity index (χ4n) is 4.23. The van der Waals surface area contributed by atoms with Gasteiger partial charge in [0.1, 0.15) is 10.6 Å². The van der Waals surface area contributed by atoms with E-state index in [-0.39, 0.29) is 35.0 Å². The molecule has 0 saturated heterocycles. The van der Waals surface area contributed by atoms with Crippen LogP contribution in [-0.4, -0.2) is 44.3 Å². The van der Waals surface area contributed by atoms with Crippen LogP contribution in [0.1, 0.15) is 57.0 Å². The first-order valence-corrected chi connectivity index (χ1v) is 15.0. The van der Waals surface area contributed by atoms with Gasteiger partial charge in [-0.25, -0.2) is 0 Å². The Morgan fingerprint density at radius 1 is 0.975 bits per heavy atom. The van der Waals surface area contributed by atoms with Crippen molar-refractivity contribution in [3.63, 3.8) is 0 Å². The van der Waals surface area contributed by atoms with Gasteiger partial charge in [-0.1, -0.05) is 36.7 Å². The Labute approximate surface area is 242 Å². The lowest BCUT2D eigenvalue weighted by molar-refractivity contribution is -0.114. The van der Waals surface area contributed by atoms with Gasteiger partial charge in [0.2, 0.25) is 5.91 Å². The molecular formula is C30H36ClN3O5S. The van der Waals surface area contributed by atoms with Gasteiger partial charge in [-0.15, -0.1) is 0 Å². The summed E-state index contributed by atoms with van der Waals surface area (Å²) in [6, 6.07) is 17.8. The van der Waals surface area contributed by atoms with Crippen LogP contribution < -0.4 is 14.4 Å². The predicted octanol–water partition coefficient (Wildman–Crippen LogP) is 6.35. The van der Waals surface area contributed by atoms with Crippen LogP contribution in [0.4, 0.5) is 11.4 Å². The molecule has 3 aromatic rings. The van der Waals surface area contributed by atoms with Gasteiger partial charge in [-0.05, 0) is 69.7 Å². The summed E-state index contributed by atoms with van der Waals surface area (Å²) < 4.78 is 32.5. The van der Waals surface area contributed by atoms with E-state index in [0.717, 1.165) is 18.8 Å². The number of nitrogens with zero attached hydrogens (tertiary/aromatic N) is 2. The van der Waals surface area contributed by atoms with E-state index in [1.54, 1.807) is 41.3 Å². The molecule has 0 radical (unpaired) electrons. The quantitative estimate of drug-likeness (QED) is 0.249. The number of benzene rings is 3. The summed E-state index contributed by atoms with van der Waals surface area (Å²) in [7, 11) is -4.23. The van der Waals surface area contributed by atoms with E-state index < -0.39 is 10.1 Å². The van der Waals surface area contributed by atoms with Gasteiger partial charge in [0.15, 0.2) is 0 Å². The number of carbonyl (C=O) groups excluding carboxylic acids is 2. The molecule has 40 heavy (non-hydrogen) atoms. The molecule has 0 aliphatic rings. The molecule has 1 atom stereocenters. The topological polar surface area (TPSA) is 96.0 Å². The Morgan fingerprint density at radius 3 is 2.20 bits per heavy atom. The number of amides is 2. The Kier molecular flexibility index (Phi) is 10.6. The molecule has 0 bridgehead atoms. The smallest absolute Gasteiger partial charge is 0.339 e. The minimum Gasteiger partial charge on any atom is -0.379 e. The lowest BCUT2D eigenvalue weighted by atomic mass is 10.1. The summed E-state index contributed by atoms with van der Waals surface area (Å²) in [6.45, 7) is 10.9. The van der Waals surface area contributed by atoms with E-state index in [2.05, 4.69) is 10.2 Å². The standard InChI is InChI=1S/C30H36ClN3O5S/c1-6-21(4)34(30(36)27-11-9-10-12-28(27)31)20-23-13-16-25(33(7-2)8-3)19-29(23)39-40(37,38)26-17-14-24(15-18-26)32-22(5)35/h9-19,21H,6-8,20H2,1-5H3,(H,32,35). The number of halogens is 1. The summed E-state index contributed by atoms with van der Waals surface area (Å²) in [5, 5.41) is 2.96. The Balaban J connectivity index is 2.04. The first-order chi connectivity index (χ1) is 19.0. The summed E-state index contributed by atoms with van der Waals surface area (Å²) in [4.78, 5) is 28.6. The third kappa shape index (κ3) is 7.55. The van der Waals surface area contributed by atoms with Gasteiger partial charge in [0.05, 0.1) is 10.6 Å². The minimum atomic E-state index is -4.23. The second-order valence-electron chi connectivity index (χ2n) is 9.38. The number of anilines is 2. The second kappa shape index (κ2) is 13.7. The van der Waals surface area contributed by atoms with Gasteiger partial charge in [-0.3, -0.25) is 9.59 Å². The first-order valence-electron chi connectivity index (χ1n) is 13.3. The monoisotopic (exact) mass is 585 g/mol. The molecule has 0 saturated carbocycles. The molecule has 0 spiro atoms. The molecule has 8 nitrogen and oxygen atoms in total. The summed E-state index contributed by atoms with van der Waals surface area (Å²) in [6.07, 6.45) is 0.683. The van der Waals surface area contributed by atoms with Crippen molar-refractivity contribution in [2.24, 2.45) is 0 Å². The predicted molar refractivity (Wildman–Crippen MR) is 160 cm³/mol. The average Bonchev–Trinajstić information content (AvgIpc) is 2.92. The molecule has 1 unspecified atom stereocenters. The van der Waals surface area contributed by atoms with Crippen LogP contribution in [0.3, 0.4) is 0 Å². The SMILES string of the molecule is CCC(C)N(Cc1ccc(N(CC)CC)cc1OS(=O)(=O)c1ccc(NC(C)=O)cc1)C(=O)c1ccccc1Cl. The van der Waals surface area contributed by atoms with Crippen molar-refractivity contribution in [1.29, 1.82) is 0 Å². The Morgan fingerprint density at radius 2 is 1.62 bits per heavy atom. The van der Waals surface area contributed by atoms with Crippen LogP contribution in [0, 0.1) is 0 Å². The van der Waals surface area contributed by atoms with Crippen LogP contribution in [-0.2, 0) is 21.5 Å². The van der Waals surface area contributed by atoms with E-state index in [4.69, 9.17) is 15.8 Å². The van der Waals surface area contributed by atoms with E-state index in [0.29, 0.717) is 28.3 Å². The highest BCUT2D eigenvalue weighted by atomic mass is 35.5. The highest BCUT2D eigenvalue weighted by Crippen LogP contribution is 2.31. The summed E-state index contributed by atoms with van der Waals surface area (Å²) >= 11 is 6.35. The Bertz CT molecular complexity index is 1440. The molecule has 0 aliphatic carbocycles. The van der Waals surface area contributed by atoms with Gasteiger partial charge < -0.3 is 19.3 Å². The molecule has 0 fully saturated rings. The van der Waals surface area contributed by atoms with Crippen molar-refractivity contribution in [2.45, 2.75) is 58.5 Å². The molecule has 1 N–H and O–H groups in total. The summed E-state index contributed by atoms with van der Waals surface area (Å²) in [5.74, 6) is -0.382. The lowest BCUT2D eigenvalue weighted by Gasteiger charge is -2.30. The van der Waals surface area contributed by atoms with E-state index >= 15 is 0 Å².